The number of H-pyrrole nitrogens is 1. The van der Waals surface area contributed by atoms with E-state index >= 15 is 0 Å². The van der Waals surface area contributed by atoms with Gasteiger partial charge in [0.05, 0.1) is 17.0 Å². The molecule has 10 heteroatoms. The third-order valence-electron chi connectivity index (χ3n) is 4.85. The second kappa shape index (κ2) is 8.07. The number of halogens is 1. The van der Waals surface area contributed by atoms with Crippen molar-refractivity contribution in [1.29, 1.82) is 0 Å². The van der Waals surface area contributed by atoms with Gasteiger partial charge in [0.2, 0.25) is 11.8 Å². The van der Waals surface area contributed by atoms with Crippen LogP contribution in [-0.4, -0.2) is 34.5 Å². The van der Waals surface area contributed by atoms with Crippen LogP contribution in [0.1, 0.15) is 16.9 Å². The molecule has 152 valence electrons. The summed E-state index contributed by atoms with van der Waals surface area (Å²) in [4.78, 5) is 50.7. The molecule has 1 atom stereocenters. The third kappa shape index (κ3) is 3.69. The van der Waals surface area contributed by atoms with Crippen LogP contribution in [-0.2, 0) is 9.59 Å². The number of nitrogens with zero attached hydrogens (tertiary/aromatic N) is 2. The van der Waals surface area contributed by atoms with Crippen LogP contribution in [0.2, 0.25) is 0 Å². The number of aromatic nitrogens is 2. The zero-order valence-corrected chi connectivity index (χ0v) is 17.1. The van der Waals surface area contributed by atoms with Crippen LogP contribution in [0, 0.1) is 5.92 Å². The molecule has 9 nitrogen and oxygen atoms in total. The fourth-order valence-electron chi connectivity index (χ4n) is 3.35. The van der Waals surface area contributed by atoms with Gasteiger partial charge in [-0.2, -0.15) is 5.10 Å². The fourth-order valence-corrected chi connectivity index (χ4v) is 3.85. The van der Waals surface area contributed by atoms with Crippen LogP contribution >= 0.6 is 15.9 Å². The quantitative estimate of drug-likeness (QED) is 0.501. The molecule has 0 spiro atoms. The molecule has 4 rings (SSSR count). The van der Waals surface area contributed by atoms with E-state index < -0.39 is 23.3 Å². The van der Waals surface area contributed by atoms with Gasteiger partial charge in [-0.05, 0) is 34.1 Å². The van der Waals surface area contributed by atoms with Gasteiger partial charge in [-0.15, -0.1) is 0 Å². The van der Waals surface area contributed by atoms with Crippen LogP contribution in [0.4, 0.5) is 5.69 Å². The van der Waals surface area contributed by atoms with Crippen molar-refractivity contribution in [3.63, 3.8) is 0 Å². The number of rotatable bonds is 3. The Morgan fingerprint density at radius 1 is 1.03 bits per heavy atom. The van der Waals surface area contributed by atoms with Crippen molar-refractivity contribution in [1.82, 2.24) is 21.0 Å². The number of carbonyl (C=O) groups is 3. The molecule has 1 aromatic heterocycles. The number of hydrogen-bond donors (Lipinski definition) is 3. The van der Waals surface area contributed by atoms with E-state index in [-0.39, 0.29) is 24.6 Å². The number of para-hydroxylation sites is 1. The number of carbonyl (C=O) groups excluding carboxylic acids is 3. The number of hydrogen-bond acceptors (Lipinski definition) is 5. The van der Waals surface area contributed by atoms with E-state index in [9.17, 15) is 19.2 Å². The Balaban J connectivity index is 1.44. The van der Waals surface area contributed by atoms with Crippen LogP contribution in [0.3, 0.4) is 0 Å². The smallest absolute Gasteiger partial charge is 0.290 e. The highest BCUT2D eigenvalue weighted by Gasteiger charge is 2.36. The minimum absolute atomic E-state index is 0.0251. The maximum absolute atomic E-state index is 12.5. The molecule has 3 N–H and O–H groups in total. The highest BCUT2D eigenvalue weighted by molar-refractivity contribution is 9.10. The van der Waals surface area contributed by atoms with Gasteiger partial charge in [-0.1, -0.05) is 30.3 Å². The number of amides is 3. The Morgan fingerprint density at radius 3 is 2.50 bits per heavy atom. The molecule has 3 amide bonds. The molecule has 1 aliphatic rings. The SMILES string of the molecule is O=C(NNC(=O)C1CC(=O)N(c2ccccc2Br)C1)c1n[nH]c(=O)c2ccccc12. The number of fused-ring (bicyclic) bond motifs is 1. The first kappa shape index (κ1) is 19.8. The number of hydrazine groups is 1. The van der Waals surface area contributed by atoms with E-state index in [4.69, 9.17) is 0 Å². The summed E-state index contributed by atoms with van der Waals surface area (Å²) in [5, 5.41) is 6.73. The maximum atomic E-state index is 12.5. The van der Waals surface area contributed by atoms with Crippen molar-refractivity contribution in [3.8, 4) is 0 Å². The molecule has 1 unspecified atom stereocenters. The molecule has 0 bridgehead atoms. The van der Waals surface area contributed by atoms with Gasteiger partial charge in [-0.25, -0.2) is 5.10 Å². The van der Waals surface area contributed by atoms with Gasteiger partial charge in [-0.3, -0.25) is 30.0 Å². The monoisotopic (exact) mass is 469 g/mol. The molecular formula is C20H16BrN5O4. The van der Waals surface area contributed by atoms with Crippen molar-refractivity contribution in [2.75, 3.05) is 11.4 Å². The van der Waals surface area contributed by atoms with Gasteiger partial charge in [0, 0.05) is 22.8 Å². The highest BCUT2D eigenvalue weighted by Crippen LogP contribution is 2.31. The molecular weight excluding hydrogens is 454 g/mol. The van der Waals surface area contributed by atoms with Crippen LogP contribution in [0.25, 0.3) is 10.8 Å². The number of anilines is 1. The number of nitrogens with one attached hydrogen (secondary N) is 3. The normalized spacial score (nSPS) is 16.0. The average Bonchev–Trinajstić information content (AvgIpc) is 3.14. The average molecular weight is 470 g/mol. The number of benzene rings is 2. The highest BCUT2D eigenvalue weighted by atomic mass is 79.9. The van der Waals surface area contributed by atoms with E-state index in [0.29, 0.717) is 16.5 Å². The largest absolute Gasteiger partial charge is 0.310 e. The topological polar surface area (TPSA) is 124 Å². The molecule has 0 radical (unpaired) electrons. The summed E-state index contributed by atoms with van der Waals surface area (Å²) in [6, 6.07) is 13.8. The minimum Gasteiger partial charge on any atom is -0.310 e. The van der Waals surface area contributed by atoms with E-state index in [2.05, 4.69) is 37.0 Å². The molecule has 2 heterocycles. The lowest BCUT2D eigenvalue weighted by Gasteiger charge is -2.18. The summed E-state index contributed by atoms with van der Waals surface area (Å²) >= 11 is 3.41. The van der Waals surface area contributed by atoms with E-state index in [1.165, 1.54) is 4.90 Å². The van der Waals surface area contributed by atoms with Gasteiger partial charge in [0.25, 0.3) is 11.5 Å². The summed E-state index contributed by atoms with van der Waals surface area (Å²) in [7, 11) is 0. The van der Waals surface area contributed by atoms with E-state index in [0.717, 1.165) is 4.47 Å². The standard InChI is InChI=1S/C20H16BrN5O4/c21-14-7-3-4-8-15(14)26-10-11(9-16(26)27)18(28)23-25-20(30)17-12-5-1-2-6-13(12)19(29)24-22-17/h1-8,11H,9-10H2,(H,23,28)(H,24,29)(H,25,30). The third-order valence-corrected chi connectivity index (χ3v) is 5.52. The van der Waals surface area contributed by atoms with Crippen molar-refractivity contribution in [2.24, 2.45) is 5.92 Å². The van der Waals surface area contributed by atoms with Crippen molar-refractivity contribution < 1.29 is 14.4 Å². The lowest BCUT2D eigenvalue weighted by atomic mass is 10.1. The molecule has 0 saturated carbocycles. The minimum atomic E-state index is -0.678. The zero-order chi connectivity index (χ0) is 21.3. The zero-order valence-electron chi connectivity index (χ0n) is 15.5. The lowest BCUT2D eigenvalue weighted by Crippen LogP contribution is -2.45. The summed E-state index contributed by atoms with van der Waals surface area (Å²) in [6.07, 6.45) is 0.0306. The van der Waals surface area contributed by atoms with Gasteiger partial charge < -0.3 is 4.90 Å². The first-order chi connectivity index (χ1) is 14.5. The maximum Gasteiger partial charge on any atom is 0.290 e. The Bertz CT molecular complexity index is 1230. The number of aromatic amines is 1. The second-order valence-electron chi connectivity index (χ2n) is 6.75. The van der Waals surface area contributed by atoms with E-state index in [1.54, 1.807) is 30.3 Å². The summed E-state index contributed by atoms with van der Waals surface area (Å²) in [6.45, 7) is 0.197. The van der Waals surface area contributed by atoms with E-state index in [1.807, 2.05) is 18.2 Å². The Kier molecular flexibility index (Phi) is 5.32. The molecule has 1 fully saturated rings. The predicted molar refractivity (Wildman–Crippen MR) is 113 cm³/mol. The second-order valence-corrected chi connectivity index (χ2v) is 7.60. The van der Waals surface area contributed by atoms with Crippen molar-refractivity contribution in [2.45, 2.75) is 6.42 Å². The first-order valence-corrected chi connectivity index (χ1v) is 9.87. The first-order valence-electron chi connectivity index (χ1n) is 9.08. The summed E-state index contributed by atoms with van der Waals surface area (Å²) in [5.41, 5.74) is 4.90. The molecule has 1 saturated heterocycles. The van der Waals surface area contributed by atoms with Crippen LogP contribution in [0.15, 0.2) is 57.8 Å². The van der Waals surface area contributed by atoms with Crippen molar-refractivity contribution >= 4 is 50.1 Å². The predicted octanol–water partition coefficient (Wildman–Crippen LogP) is 1.50. The van der Waals surface area contributed by atoms with Crippen molar-refractivity contribution in [3.05, 3.63) is 69.1 Å². The Hall–Kier alpha value is -3.53. The van der Waals surface area contributed by atoms with Crippen LogP contribution in [0.5, 0.6) is 0 Å². The lowest BCUT2D eigenvalue weighted by molar-refractivity contribution is -0.126. The van der Waals surface area contributed by atoms with Gasteiger partial charge >= 0.3 is 0 Å². The van der Waals surface area contributed by atoms with Gasteiger partial charge in [0.1, 0.15) is 0 Å². The summed E-state index contributed by atoms with van der Waals surface area (Å²) in [5.74, 6) is -1.96. The molecule has 1 aliphatic heterocycles. The molecule has 3 aromatic rings. The van der Waals surface area contributed by atoms with Gasteiger partial charge in [0.15, 0.2) is 5.69 Å². The molecule has 2 aromatic carbocycles. The Morgan fingerprint density at radius 2 is 1.73 bits per heavy atom. The fraction of sp³-hybridized carbons (Fsp3) is 0.150. The Labute approximate surface area is 178 Å². The molecule has 0 aliphatic carbocycles. The van der Waals surface area contributed by atoms with Crippen LogP contribution < -0.4 is 21.3 Å². The molecule has 30 heavy (non-hydrogen) atoms. The summed E-state index contributed by atoms with van der Waals surface area (Å²) < 4.78 is 0.753.